The summed E-state index contributed by atoms with van der Waals surface area (Å²) in [6, 6.07) is 10.5. The van der Waals surface area contributed by atoms with Crippen molar-refractivity contribution >= 4 is 5.91 Å². The van der Waals surface area contributed by atoms with Crippen LogP contribution in [0.4, 0.5) is 4.39 Å². The number of benzene rings is 1. The van der Waals surface area contributed by atoms with Crippen molar-refractivity contribution < 1.29 is 9.18 Å². The highest BCUT2D eigenvalue weighted by atomic mass is 19.1. The molecule has 3 nitrogen and oxygen atoms in total. The van der Waals surface area contributed by atoms with Gasteiger partial charge in [-0.25, -0.2) is 4.39 Å². The molecule has 126 valence electrons. The summed E-state index contributed by atoms with van der Waals surface area (Å²) in [5.41, 5.74) is 2.25. The third-order valence-electron chi connectivity index (χ3n) is 4.66. The van der Waals surface area contributed by atoms with E-state index in [1.807, 2.05) is 17.2 Å². The molecule has 1 aliphatic heterocycles. The van der Waals surface area contributed by atoms with E-state index in [0.29, 0.717) is 18.8 Å². The van der Waals surface area contributed by atoms with E-state index in [2.05, 4.69) is 11.1 Å². The molecule has 1 amide bonds. The SMILES string of the molecule is O=C(CCc1ccc(F)cc1)N1CCC[C@H](Cc2cccnc2)C1. The number of likely N-dealkylation sites (tertiary alicyclic amines) is 1. The molecule has 1 aliphatic rings. The van der Waals surface area contributed by atoms with E-state index in [9.17, 15) is 9.18 Å². The summed E-state index contributed by atoms with van der Waals surface area (Å²) < 4.78 is 12.9. The lowest BCUT2D eigenvalue weighted by Crippen LogP contribution is -2.40. The van der Waals surface area contributed by atoms with Gasteiger partial charge in [-0.2, -0.15) is 0 Å². The number of aromatic nitrogens is 1. The van der Waals surface area contributed by atoms with Crippen molar-refractivity contribution in [2.45, 2.75) is 32.1 Å². The number of hydrogen-bond donors (Lipinski definition) is 0. The summed E-state index contributed by atoms with van der Waals surface area (Å²) in [6.07, 6.45) is 8.07. The number of hydrogen-bond acceptors (Lipinski definition) is 2. The standard InChI is InChI=1S/C20H23FN2O/c21-19-8-5-16(6-9-19)7-10-20(24)23-12-2-4-18(15-23)13-17-3-1-11-22-14-17/h1,3,5-6,8-9,11,14,18H,2,4,7,10,12-13,15H2/t18-/m1/s1. The Bertz CT molecular complexity index is 657. The summed E-state index contributed by atoms with van der Waals surface area (Å²) in [6.45, 7) is 1.68. The van der Waals surface area contributed by atoms with E-state index >= 15 is 0 Å². The second-order valence-electron chi connectivity index (χ2n) is 6.54. The van der Waals surface area contributed by atoms with Crippen LogP contribution in [0.5, 0.6) is 0 Å². The second-order valence-corrected chi connectivity index (χ2v) is 6.54. The number of pyridine rings is 1. The van der Waals surface area contributed by atoms with Crippen molar-refractivity contribution in [2.24, 2.45) is 5.92 Å². The van der Waals surface area contributed by atoms with E-state index in [1.165, 1.54) is 17.7 Å². The highest BCUT2D eigenvalue weighted by Gasteiger charge is 2.23. The minimum atomic E-state index is -0.237. The van der Waals surface area contributed by atoms with Gasteiger partial charge in [0.05, 0.1) is 0 Å². The third kappa shape index (κ3) is 4.63. The molecule has 1 aromatic heterocycles. The third-order valence-corrected chi connectivity index (χ3v) is 4.66. The number of aryl methyl sites for hydroxylation is 1. The van der Waals surface area contributed by atoms with Crippen LogP contribution in [0.2, 0.25) is 0 Å². The van der Waals surface area contributed by atoms with Crippen LogP contribution < -0.4 is 0 Å². The molecular formula is C20H23FN2O. The zero-order chi connectivity index (χ0) is 16.8. The topological polar surface area (TPSA) is 33.2 Å². The molecule has 24 heavy (non-hydrogen) atoms. The van der Waals surface area contributed by atoms with Crippen molar-refractivity contribution in [3.8, 4) is 0 Å². The Kier molecular flexibility index (Phi) is 5.57. The van der Waals surface area contributed by atoms with Crippen molar-refractivity contribution in [3.63, 3.8) is 0 Å². The van der Waals surface area contributed by atoms with E-state index in [-0.39, 0.29) is 11.7 Å². The quantitative estimate of drug-likeness (QED) is 0.840. The predicted octanol–water partition coefficient (Wildman–Crippen LogP) is 3.63. The Morgan fingerprint density at radius 2 is 2.04 bits per heavy atom. The second kappa shape index (κ2) is 8.04. The van der Waals surface area contributed by atoms with Gasteiger partial charge in [-0.15, -0.1) is 0 Å². The number of halogens is 1. The van der Waals surface area contributed by atoms with Crippen LogP contribution in [0, 0.1) is 11.7 Å². The molecule has 4 heteroatoms. The summed E-state index contributed by atoms with van der Waals surface area (Å²) in [7, 11) is 0. The summed E-state index contributed by atoms with van der Waals surface area (Å²) in [4.78, 5) is 18.6. The summed E-state index contributed by atoms with van der Waals surface area (Å²) in [5, 5.41) is 0. The van der Waals surface area contributed by atoms with Gasteiger partial charge in [0.15, 0.2) is 0 Å². The van der Waals surface area contributed by atoms with Crippen LogP contribution in [0.3, 0.4) is 0 Å². The van der Waals surface area contributed by atoms with Crippen molar-refractivity contribution in [1.82, 2.24) is 9.88 Å². The first-order valence-corrected chi connectivity index (χ1v) is 8.62. The minimum Gasteiger partial charge on any atom is -0.342 e. The Hall–Kier alpha value is -2.23. The Balaban J connectivity index is 1.50. The van der Waals surface area contributed by atoms with Gasteiger partial charge >= 0.3 is 0 Å². The lowest BCUT2D eigenvalue weighted by molar-refractivity contribution is -0.132. The van der Waals surface area contributed by atoms with Crippen molar-refractivity contribution in [3.05, 3.63) is 65.7 Å². The van der Waals surface area contributed by atoms with Crippen LogP contribution in [0.1, 0.15) is 30.4 Å². The number of rotatable bonds is 5. The Morgan fingerprint density at radius 1 is 1.21 bits per heavy atom. The highest BCUT2D eigenvalue weighted by molar-refractivity contribution is 5.76. The predicted molar refractivity (Wildman–Crippen MR) is 92.0 cm³/mol. The molecule has 0 radical (unpaired) electrons. The van der Waals surface area contributed by atoms with Gasteiger partial charge in [0, 0.05) is 31.9 Å². The summed E-state index contributed by atoms with van der Waals surface area (Å²) >= 11 is 0. The zero-order valence-corrected chi connectivity index (χ0v) is 13.8. The Morgan fingerprint density at radius 3 is 2.79 bits per heavy atom. The van der Waals surface area contributed by atoms with Crippen LogP contribution in [0.15, 0.2) is 48.8 Å². The Labute approximate surface area is 142 Å². The van der Waals surface area contributed by atoms with E-state index < -0.39 is 0 Å². The first-order valence-electron chi connectivity index (χ1n) is 8.62. The molecule has 2 heterocycles. The number of carbonyl (C=O) groups excluding carboxylic acids is 1. The first kappa shape index (κ1) is 16.6. The fraction of sp³-hybridized carbons (Fsp3) is 0.400. The van der Waals surface area contributed by atoms with Crippen LogP contribution >= 0.6 is 0 Å². The number of amides is 1. The maximum atomic E-state index is 12.9. The zero-order valence-electron chi connectivity index (χ0n) is 13.8. The average Bonchev–Trinajstić information content (AvgIpc) is 2.62. The summed E-state index contributed by atoms with van der Waals surface area (Å²) in [5.74, 6) is 0.479. The van der Waals surface area contributed by atoms with Crippen LogP contribution in [-0.2, 0) is 17.6 Å². The van der Waals surface area contributed by atoms with Gasteiger partial charge in [-0.1, -0.05) is 18.2 Å². The van der Waals surface area contributed by atoms with Gasteiger partial charge in [0.25, 0.3) is 0 Å². The van der Waals surface area contributed by atoms with Gasteiger partial charge in [-0.3, -0.25) is 9.78 Å². The van der Waals surface area contributed by atoms with Crippen molar-refractivity contribution in [1.29, 1.82) is 0 Å². The molecule has 1 aromatic carbocycles. The van der Waals surface area contributed by atoms with E-state index in [0.717, 1.165) is 37.9 Å². The number of nitrogens with zero attached hydrogens (tertiary/aromatic N) is 2. The van der Waals surface area contributed by atoms with Crippen LogP contribution in [0.25, 0.3) is 0 Å². The monoisotopic (exact) mass is 326 g/mol. The average molecular weight is 326 g/mol. The first-order chi connectivity index (χ1) is 11.7. The van der Waals surface area contributed by atoms with E-state index in [4.69, 9.17) is 0 Å². The molecule has 0 spiro atoms. The van der Waals surface area contributed by atoms with Gasteiger partial charge < -0.3 is 4.90 Å². The molecule has 0 aliphatic carbocycles. The van der Waals surface area contributed by atoms with E-state index in [1.54, 1.807) is 18.3 Å². The largest absolute Gasteiger partial charge is 0.342 e. The molecule has 0 bridgehead atoms. The molecule has 1 atom stereocenters. The van der Waals surface area contributed by atoms with Crippen LogP contribution in [-0.4, -0.2) is 28.9 Å². The lowest BCUT2D eigenvalue weighted by Gasteiger charge is -2.33. The maximum absolute atomic E-state index is 12.9. The fourth-order valence-corrected chi connectivity index (χ4v) is 3.37. The number of piperidine rings is 1. The van der Waals surface area contributed by atoms with Crippen molar-refractivity contribution in [2.75, 3.05) is 13.1 Å². The molecule has 0 unspecified atom stereocenters. The number of carbonyl (C=O) groups is 1. The fourth-order valence-electron chi connectivity index (χ4n) is 3.37. The van der Waals surface area contributed by atoms with Gasteiger partial charge in [0.2, 0.25) is 5.91 Å². The lowest BCUT2D eigenvalue weighted by atomic mass is 9.91. The smallest absolute Gasteiger partial charge is 0.222 e. The normalized spacial score (nSPS) is 17.7. The highest BCUT2D eigenvalue weighted by Crippen LogP contribution is 2.21. The molecule has 0 N–H and O–H groups in total. The maximum Gasteiger partial charge on any atom is 0.222 e. The molecule has 1 saturated heterocycles. The molecule has 0 saturated carbocycles. The molecule has 3 rings (SSSR count). The minimum absolute atomic E-state index is 0.204. The van der Waals surface area contributed by atoms with Gasteiger partial charge in [0.1, 0.15) is 5.82 Å². The van der Waals surface area contributed by atoms with Gasteiger partial charge in [-0.05, 0) is 60.9 Å². The molecule has 1 fully saturated rings. The molecule has 2 aromatic rings. The molecular weight excluding hydrogens is 303 g/mol.